The lowest BCUT2D eigenvalue weighted by molar-refractivity contribution is -0.140. The molecule has 0 saturated carbocycles. The number of carbonyl (C=O) groups excluding carboxylic acids is 5. The highest BCUT2D eigenvalue weighted by Crippen LogP contribution is 2.40. The summed E-state index contributed by atoms with van der Waals surface area (Å²) >= 11 is 3.70. The number of aromatic nitrogens is 11. The largest absolute Gasteiger partial charge is 0.419 e. The first kappa shape index (κ1) is 101. The molecule has 0 radical (unpaired) electrons. The highest BCUT2D eigenvalue weighted by atomic mass is 32.1. The van der Waals surface area contributed by atoms with Gasteiger partial charge in [-0.3, -0.25) is 29.0 Å². The number of halogens is 7. The van der Waals surface area contributed by atoms with Crippen molar-refractivity contribution in [3.05, 3.63) is 312 Å². The monoisotopic (exact) mass is 1870 g/mol. The van der Waals surface area contributed by atoms with Crippen LogP contribution in [0.2, 0.25) is 0 Å². The van der Waals surface area contributed by atoms with Gasteiger partial charge in [0.15, 0.2) is 0 Å². The van der Waals surface area contributed by atoms with Crippen LogP contribution in [0.25, 0.3) is 54.6 Å². The molecule has 5 amide bonds. The fourth-order valence-corrected chi connectivity index (χ4v) is 16.1. The number of unbranched alkanes of at least 4 members (excludes halogenated alkanes) is 2. The Morgan fingerprint density at radius 2 is 0.752 bits per heavy atom. The second-order valence-corrected chi connectivity index (χ2v) is 33.7. The van der Waals surface area contributed by atoms with Crippen LogP contribution in [0.15, 0.2) is 221 Å². The quantitative estimate of drug-likeness (QED) is 0.0159. The summed E-state index contributed by atoms with van der Waals surface area (Å²) in [6.45, 7) is 17.1. The molecule has 14 rings (SSSR count). The minimum Gasteiger partial charge on any atom is -0.418 e. The molecule has 0 aliphatic heterocycles. The number of hydrogen-bond donors (Lipinski definition) is 5. The molecule has 6 heterocycles. The molecule has 5 N–H and O–H groups in total. The van der Waals surface area contributed by atoms with E-state index in [-0.39, 0.29) is 57.8 Å². The fraction of sp³-hybridized carbons (Fsp3) is 0.283. The Morgan fingerprint density at radius 1 is 0.398 bits per heavy atom. The van der Waals surface area contributed by atoms with Crippen LogP contribution in [-0.4, -0.2) is 85.5 Å². The maximum atomic E-state index is 13.6. The summed E-state index contributed by atoms with van der Waals surface area (Å²) in [6, 6.07) is 59.6. The van der Waals surface area contributed by atoms with Crippen LogP contribution in [0.4, 0.5) is 30.7 Å². The zero-order valence-corrected chi connectivity index (χ0v) is 77.0. The van der Waals surface area contributed by atoms with Gasteiger partial charge in [0.05, 0.1) is 40.9 Å². The van der Waals surface area contributed by atoms with Crippen molar-refractivity contribution in [2.45, 2.75) is 182 Å². The molecule has 0 fully saturated rings. The first-order chi connectivity index (χ1) is 63.8. The number of aryl methyl sites for hydroxylation is 4. The number of nitriles is 1. The van der Waals surface area contributed by atoms with Crippen LogP contribution in [0.5, 0.6) is 0 Å². The van der Waals surface area contributed by atoms with Crippen LogP contribution >= 0.6 is 34.0 Å². The smallest absolute Gasteiger partial charge is 0.418 e. The summed E-state index contributed by atoms with van der Waals surface area (Å²) in [4.78, 5) is 61.9. The van der Waals surface area contributed by atoms with Gasteiger partial charge in [-0.05, 0) is 169 Å². The standard InChI is InChI=1S/C22H22F3N3OS.C21H19F4N3OS.C21H20N4OS.C20H17N3O2.C15H20N4O2/c1-4-15-6-8-16(9-7-15)11-19(26-14(3)29)21-28-27-20(30-21)17-10-5-13(2)18(12-17)22(23,24)25;1-3-13-4-6-14(7-5-13)10-18(26-12(2)29)20-28-27-19(30-20)15-8-9-17(22)16(11-15)21(23,24)25;1-3-15-4-6-16(7-5-15)12-19(23-14(2)26)21-25-24-20(27-21)18-10-8-17(13-22)9-11-18;1-3-15-9-11-16(12-10-15)13-18(21-14(2)24)20-23-22-19(25-20)17-7-5-4-6-8-17;1-3-4-5-6-13(17-11(2)20)15-19-18-14(21-15)12-7-9-16-10-8-12/h5-10,12,19H,4,11H2,1-3H3,(H,26,29);4-9,11,18H,3,10H2,1-2H3,(H,26,29);4-11,19H,3,12H2,1-2H3,(H,23,26);1,4-12,18H,13H2,2H3,(H,21,24);7-10,13H,3-6H2,1-2H3,(H,17,20). The van der Waals surface area contributed by atoms with Crippen molar-refractivity contribution in [3.63, 3.8) is 0 Å². The van der Waals surface area contributed by atoms with E-state index in [0.717, 1.165) is 129 Å². The number of carbonyl (C=O) groups is 5. The topological polar surface area (TPSA) is 337 Å². The Hall–Kier alpha value is -14.2. The Labute approximate surface area is 777 Å². The molecular weight excluding hydrogens is 1770 g/mol. The number of nitrogens with zero attached hydrogens (tertiary/aromatic N) is 12. The van der Waals surface area contributed by atoms with Gasteiger partial charge in [0.1, 0.15) is 47.9 Å². The van der Waals surface area contributed by atoms with Crippen molar-refractivity contribution in [1.82, 2.24) is 82.6 Å². The van der Waals surface area contributed by atoms with Crippen LogP contribution in [0.1, 0.15) is 212 Å². The second-order valence-electron chi connectivity index (χ2n) is 30.7. The van der Waals surface area contributed by atoms with E-state index in [0.29, 0.717) is 75.4 Å². The van der Waals surface area contributed by atoms with Crippen molar-refractivity contribution < 1.29 is 63.5 Å². The number of terminal acetylenes is 1. The van der Waals surface area contributed by atoms with Crippen LogP contribution in [0, 0.1) is 36.4 Å². The third kappa shape index (κ3) is 31.0. The van der Waals surface area contributed by atoms with Gasteiger partial charge in [-0.25, -0.2) is 4.39 Å². The van der Waals surface area contributed by atoms with Gasteiger partial charge < -0.3 is 35.4 Å². The molecule has 34 heteroatoms. The molecule has 0 bridgehead atoms. The second kappa shape index (κ2) is 49.1. The van der Waals surface area contributed by atoms with Gasteiger partial charge in [-0.2, -0.15) is 31.6 Å². The predicted octanol–water partition coefficient (Wildman–Crippen LogP) is 20.9. The fourth-order valence-electron chi connectivity index (χ4n) is 13.5. The molecule has 5 unspecified atom stereocenters. The van der Waals surface area contributed by atoms with Crippen molar-refractivity contribution >= 4 is 63.5 Å². The Bertz CT molecular complexity index is 6050. The minimum absolute atomic E-state index is 0.0969. The average Bonchev–Trinajstić information content (AvgIpc) is 1.30. The van der Waals surface area contributed by atoms with Gasteiger partial charge in [0.25, 0.3) is 0 Å². The minimum atomic E-state index is -4.81. The van der Waals surface area contributed by atoms with Crippen LogP contribution in [0.3, 0.4) is 0 Å². The highest BCUT2D eigenvalue weighted by molar-refractivity contribution is 7.15. The Balaban J connectivity index is 0.000000173. The lowest BCUT2D eigenvalue weighted by atomic mass is 10.0. The summed E-state index contributed by atoms with van der Waals surface area (Å²) in [5.41, 5.74) is 10.4. The maximum Gasteiger partial charge on any atom is 0.419 e. The predicted molar refractivity (Wildman–Crippen MR) is 496 cm³/mol. The number of alkyl halides is 6. The summed E-state index contributed by atoms with van der Waals surface area (Å²) in [5.74, 6) is 2.10. The number of hydrogen-bond acceptors (Lipinski definition) is 22. The van der Waals surface area contributed by atoms with Crippen molar-refractivity contribution in [2.75, 3.05) is 0 Å². The number of pyridine rings is 1. The molecule has 0 aliphatic carbocycles. The van der Waals surface area contributed by atoms with E-state index in [2.05, 4.69) is 147 Å². The molecule has 688 valence electrons. The van der Waals surface area contributed by atoms with E-state index in [1.165, 1.54) is 93.0 Å². The van der Waals surface area contributed by atoms with E-state index in [1.54, 1.807) is 30.6 Å². The lowest BCUT2D eigenvalue weighted by Crippen LogP contribution is -2.28. The lowest BCUT2D eigenvalue weighted by Gasteiger charge is -2.15. The molecule has 14 aromatic rings. The van der Waals surface area contributed by atoms with Gasteiger partial charge in [0, 0.05) is 86.8 Å². The Kier molecular flexibility index (Phi) is 37.3. The number of benzene rings is 8. The third-order valence-electron chi connectivity index (χ3n) is 20.4. The zero-order chi connectivity index (χ0) is 95.7. The summed E-state index contributed by atoms with van der Waals surface area (Å²) < 4.78 is 104. The number of nitrogens with one attached hydrogen (secondary N) is 5. The normalized spacial score (nSPS) is 12.1. The van der Waals surface area contributed by atoms with Crippen molar-refractivity contribution in [3.8, 4) is 73.0 Å². The van der Waals surface area contributed by atoms with E-state index in [4.69, 9.17) is 20.5 Å². The van der Waals surface area contributed by atoms with E-state index in [1.807, 2.05) is 127 Å². The first-order valence-electron chi connectivity index (χ1n) is 42.6. The molecule has 0 aliphatic rings. The van der Waals surface area contributed by atoms with Gasteiger partial charge in [-0.15, -0.1) is 57.4 Å². The summed E-state index contributed by atoms with van der Waals surface area (Å²) in [7, 11) is 0. The molecule has 5 atom stereocenters. The molecule has 0 saturated heterocycles. The van der Waals surface area contributed by atoms with Crippen LogP contribution < -0.4 is 26.6 Å². The SMILES string of the molecule is C#Cc1ccc(CC(NC(C)=O)c2nnc(-c3ccccc3)o2)cc1.CCCCCC(NC(C)=O)c1nnc(-c2ccncc2)o1.CCc1ccc(CC(NC(C)=O)c2nnc(-c3ccc(C#N)cc3)s2)cc1.CCc1ccc(CC(NC(C)=O)c2nnc(-c3ccc(C)c(C(F)(F)F)c3)s2)cc1.CCc1ccc(CC(NC(C)=O)c2nnc(-c3ccc(F)c(C(F)(F)F)c3)s2)cc1. The van der Waals surface area contributed by atoms with E-state index >= 15 is 0 Å². The van der Waals surface area contributed by atoms with Crippen molar-refractivity contribution in [1.29, 1.82) is 5.26 Å². The zero-order valence-electron chi connectivity index (χ0n) is 74.5. The highest BCUT2D eigenvalue weighted by Gasteiger charge is 2.36. The average molecular weight is 1870 g/mol. The molecular formula is C99H98F7N17O7S3. The first-order valence-corrected chi connectivity index (χ1v) is 45.1. The summed E-state index contributed by atoms with van der Waals surface area (Å²) in [5, 5.41) is 67.6. The Morgan fingerprint density at radius 3 is 1.15 bits per heavy atom. The molecule has 24 nitrogen and oxygen atoms in total. The van der Waals surface area contributed by atoms with Gasteiger partial charge in [-0.1, -0.05) is 214 Å². The van der Waals surface area contributed by atoms with Gasteiger partial charge >= 0.3 is 12.4 Å². The number of rotatable bonds is 30. The maximum absolute atomic E-state index is 13.6. The molecule has 0 spiro atoms. The van der Waals surface area contributed by atoms with E-state index < -0.39 is 47.4 Å². The van der Waals surface area contributed by atoms with E-state index in [9.17, 15) is 54.7 Å². The van der Waals surface area contributed by atoms with Crippen molar-refractivity contribution in [2.24, 2.45) is 0 Å². The molecule has 6 aromatic heterocycles. The summed E-state index contributed by atoms with van der Waals surface area (Å²) in [6.07, 6.45) is 8.52. The molecule has 133 heavy (non-hydrogen) atoms. The van der Waals surface area contributed by atoms with Gasteiger partial charge in [0.2, 0.25) is 53.1 Å². The molecule has 8 aromatic carbocycles. The van der Waals surface area contributed by atoms with Crippen LogP contribution in [-0.2, 0) is 81.3 Å². The third-order valence-corrected chi connectivity index (χ3v) is 23.6. The number of amides is 5.